The summed E-state index contributed by atoms with van der Waals surface area (Å²) in [5, 5.41) is 0. The Morgan fingerprint density at radius 2 is 1.00 bits per heavy atom. The first-order valence-electron chi connectivity index (χ1n) is 9.82. The molecule has 4 atom stereocenters. The molecular weight excluding hydrogens is 312 g/mol. The quantitative estimate of drug-likeness (QED) is 0.694. The highest BCUT2D eigenvalue weighted by Crippen LogP contribution is 2.40. The molecule has 0 N–H and O–H groups in total. The second-order valence-electron chi connectivity index (χ2n) is 10.3. The maximum absolute atomic E-state index is 6.39. The van der Waals surface area contributed by atoms with Crippen LogP contribution in [0.3, 0.4) is 0 Å². The summed E-state index contributed by atoms with van der Waals surface area (Å²) in [5.74, 6) is 1.56. The molecule has 0 saturated heterocycles. The third-order valence-corrected chi connectivity index (χ3v) is 5.36. The molecule has 0 radical (unpaired) electrons. The topological polar surface area (TPSA) is 43.2 Å². The third-order valence-electron chi connectivity index (χ3n) is 5.36. The molecule has 0 spiro atoms. The van der Waals surface area contributed by atoms with Crippen molar-refractivity contribution in [2.75, 3.05) is 0 Å². The summed E-state index contributed by atoms with van der Waals surface area (Å²) in [6.45, 7) is 21.9. The first kappa shape index (κ1) is 20.3. The number of hydrogen-bond donors (Lipinski definition) is 0. The molecule has 0 aromatic rings. The van der Waals surface area contributed by atoms with Crippen molar-refractivity contribution < 1.29 is 9.47 Å². The highest BCUT2D eigenvalue weighted by molar-refractivity contribution is 6.05. The van der Waals surface area contributed by atoms with E-state index < -0.39 is 5.41 Å². The zero-order valence-electron chi connectivity index (χ0n) is 17.9. The van der Waals surface area contributed by atoms with Crippen molar-refractivity contribution in [2.24, 2.45) is 26.2 Å². The maximum atomic E-state index is 6.39. The summed E-state index contributed by atoms with van der Waals surface area (Å²) < 4.78 is 12.8. The molecule has 25 heavy (non-hydrogen) atoms. The molecule has 4 nitrogen and oxygen atoms in total. The Balaban J connectivity index is 2.27. The van der Waals surface area contributed by atoms with E-state index in [1.165, 1.54) is 0 Å². The molecule has 0 aliphatic carbocycles. The second-order valence-corrected chi connectivity index (χ2v) is 10.3. The predicted molar refractivity (Wildman–Crippen MR) is 105 cm³/mol. The zero-order valence-corrected chi connectivity index (χ0v) is 17.9. The first-order chi connectivity index (χ1) is 11.3. The number of nitrogens with zero attached hydrogens (tertiary/aromatic N) is 2. The lowest BCUT2D eigenvalue weighted by molar-refractivity contribution is 0.0576. The van der Waals surface area contributed by atoms with Crippen LogP contribution in [0.5, 0.6) is 0 Å². The van der Waals surface area contributed by atoms with Crippen molar-refractivity contribution in [3.8, 4) is 0 Å². The second kappa shape index (κ2) is 6.59. The van der Waals surface area contributed by atoms with Crippen molar-refractivity contribution in [1.29, 1.82) is 0 Å². The molecule has 144 valence electrons. The largest absolute Gasteiger partial charge is 0.474 e. The van der Waals surface area contributed by atoms with Gasteiger partial charge >= 0.3 is 0 Å². The van der Waals surface area contributed by atoms with Gasteiger partial charge in [0.15, 0.2) is 11.8 Å². The van der Waals surface area contributed by atoms with Gasteiger partial charge in [-0.1, -0.05) is 55.4 Å². The molecule has 2 rings (SSSR count). The van der Waals surface area contributed by atoms with Crippen molar-refractivity contribution >= 4 is 11.8 Å². The molecule has 0 bridgehead atoms. The summed E-state index contributed by atoms with van der Waals surface area (Å²) in [6, 6.07) is 0.410. The normalized spacial score (nSPS) is 30.6. The fourth-order valence-corrected chi connectivity index (χ4v) is 3.72. The van der Waals surface area contributed by atoms with Gasteiger partial charge in [-0.3, -0.25) is 0 Å². The van der Waals surface area contributed by atoms with Gasteiger partial charge in [-0.05, 0) is 26.7 Å². The van der Waals surface area contributed by atoms with Crippen molar-refractivity contribution in [1.82, 2.24) is 0 Å². The Labute approximate surface area is 154 Å². The van der Waals surface area contributed by atoms with Crippen LogP contribution in [0, 0.1) is 16.2 Å². The zero-order chi connectivity index (χ0) is 19.2. The lowest BCUT2D eigenvalue weighted by Crippen LogP contribution is -2.41. The van der Waals surface area contributed by atoms with Gasteiger partial charge in [0.25, 0.3) is 0 Å². The summed E-state index contributed by atoms with van der Waals surface area (Å²) in [4.78, 5) is 9.88. The van der Waals surface area contributed by atoms with Crippen LogP contribution >= 0.6 is 0 Å². The molecule has 2 aliphatic rings. The van der Waals surface area contributed by atoms with Crippen LogP contribution in [0.4, 0.5) is 0 Å². The van der Waals surface area contributed by atoms with E-state index in [1.807, 2.05) is 0 Å². The minimum Gasteiger partial charge on any atom is -0.474 e. The summed E-state index contributed by atoms with van der Waals surface area (Å²) >= 11 is 0. The van der Waals surface area contributed by atoms with E-state index in [0.29, 0.717) is 0 Å². The lowest BCUT2D eigenvalue weighted by atomic mass is 9.84. The van der Waals surface area contributed by atoms with E-state index in [9.17, 15) is 0 Å². The van der Waals surface area contributed by atoms with E-state index in [4.69, 9.17) is 19.5 Å². The van der Waals surface area contributed by atoms with Crippen molar-refractivity contribution in [3.63, 3.8) is 0 Å². The average molecular weight is 351 g/mol. The van der Waals surface area contributed by atoms with Gasteiger partial charge in [-0.25, -0.2) is 9.98 Å². The molecule has 0 amide bonds. The van der Waals surface area contributed by atoms with Gasteiger partial charge in [0, 0.05) is 10.8 Å². The standard InChI is InChI=1S/C21H38N2O2/c1-11-13-15(19(3,4)5)24-17(22-13)21(9,10)18-23-14(12-2)16(25-18)20(6,7)8/h13-16H,11-12H2,1-10H3. The van der Waals surface area contributed by atoms with Gasteiger partial charge in [0.05, 0.1) is 12.1 Å². The van der Waals surface area contributed by atoms with Crippen LogP contribution in [-0.2, 0) is 9.47 Å². The molecule has 4 heteroatoms. The van der Waals surface area contributed by atoms with Crippen LogP contribution in [0.15, 0.2) is 9.98 Å². The number of aliphatic imine (C=N–C) groups is 2. The monoisotopic (exact) mass is 350 g/mol. The lowest BCUT2D eigenvalue weighted by Gasteiger charge is -2.33. The Bertz CT molecular complexity index is 501. The smallest absolute Gasteiger partial charge is 0.199 e. The number of rotatable bonds is 4. The first-order valence-corrected chi connectivity index (χ1v) is 9.82. The van der Waals surface area contributed by atoms with Crippen LogP contribution in [-0.4, -0.2) is 36.1 Å². The highest BCUT2D eigenvalue weighted by Gasteiger charge is 2.49. The van der Waals surface area contributed by atoms with Gasteiger partial charge in [-0.15, -0.1) is 0 Å². The van der Waals surface area contributed by atoms with Gasteiger partial charge in [-0.2, -0.15) is 0 Å². The van der Waals surface area contributed by atoms with Crippen LogP contribution in [0.2, 0.25) is 0 Å². The Morgan fingerprint density at radius 1 is 0.680 bits per heavy atom. The highest BCUT2D eigenvalue weighted by atomic mass is 16.5. The SMILES string of the molecule is CCC1N=C(C(C)(C)C2=NC(CC)C(C(C)(C)C)O2)OC1C(C)(C)C. The summed E-state index contributed by atoms with van der Waals surface area (Å²) in [5.41, 5.74) is -0.318. The minimum atomic E-state index is -0.430. The Kier molecular flexibility index (Phi) is 5.34. The number of hydrogen-bond acceptors (Lipinski definition) is 4. The van der Waals surface area contributed by atoms with E-state index in [-0.39, 0.29) is 35.1 Å². The van der Waals surface area contributed by atoms with Crippen LogP contribution < -0.4 is 0 Å². The van der Waals surface area contributed by atoms with Crippen LogP contribution in [0.25, 0.3) is 0 Å². The average Bonchev–Trinajstić information content (AvgIpc) is 3.10. The van der Waals surface area contributed by atoms with E-state index in [2.05, 4.69) is 69.2 Å². The Morgan fingerprint density at radius 3 is 1.20 bits per heavy atom. The van der Waals surface area contributed by atoms with E-state index in [1.54, 1.807) is 0 Å². The maximum Gasteiger partial charge on any atom is 0.199 e. The molecule has 2 heterocycles. The predicted octanol–water partition coefficient (Wildman–Crippen LogP) is 5.26. The minimum absolute atomic E-state index is 0.0558. The molecule has 0 aromatic heterocycles. The van der Waals surface area contributed by atoms with Crippen molar-refractivity contribution in [2.45, 2.75) is 106 Å². The van der Waals surface area contributed by atoms with Crippen molar-refractivity contribution in [3.05, 3.63) is 0 Å². The number of ether oxygens (including phenoxy) is 2. The molecule has 4 unspecified atom stereocenters. The van der Waals surface area contributed by atoms with Gasteiger partial charge in [0.2, 0.25) is 0 Å². The van der Waals surface area contributed by atoms with Gasteiger partial charge < -0.3 is 9.47 Å². The third kappa shape index (κ3) is 3.88. The molecule has 0 aromatic carbocycles. The fraction of sp³-hybridized carbons (Fsp3) is 0.905. The molecule has 0 saturated carbocycles. The van der Waals surface area contributed by atoms with Crippen LogP contribution in [0.1, 0.15) is 82.1 Å². The molecule has 0 fully saturated rings. The Hall–Kier alpha value is -1.06. The molecule has 2 aliphatic heterocycles. The fourth-order valence-electron chi connectivity index (χ4n) is 3.72. The summed E-state index contributed by atoms with van der Waals surface area (Å²) in [7, 11) is 0. The van der Waals surface area contributed by atoms with E-state index in [0.717, 1.165) is 24.6 Å². The van der Waals surface area contributed by atoms with Gasteiger partial charge in [0.1, 0.15) is 17.6 Å². The summed E-state index contributed by atoms with van der Waals surface area (Å²) in [6.07, 6.45) is 2.18. The molecular formula is C21H38N2O2. The van der Waals surface area contributed by atoms with E-state index >= 15 is 0 Å².